The monoisotopic (exact) mass is 392 g/mol. The molecule has 0 radical (unpaired) electrons. The van der Waals surface area contributed by atoms with Gasteiger partial charge in [-0.05, 0) is 12.8 Å². The summed E-state index contributed by atoms with van der Waals surface area (Å²) in [6, 6.07) is 19.9. The van der Waals surface area contributed by atoms with Crippen LogP contribution in [0.4, 0.5) is 5.95 Å². The summed E-state index contributed by atoms with van der Waals surface area (Å²) < 4.78 is 5.06. The number of hydrogen-bond acceptors (Lipinski definition) is 6. The van der Waals surface area contributed by atoms with Crippen molar-refractivity contribution in [3.8, 4) is 22.5 Å². The SMILES string of the molecule is CN(CCCCOCC(=O)O)c1nnc(-c2ccccc2)c(-c2ccccc2)n1. The van der Waals surface area contributed by atoms with Crippen LogP contribution in [0.15, 0.2) is 60.7 Å². The standard InChI is InChI=1S/C22H24N4O3/c1-26(14-8-9-15-29-16-19(27)28)22-23-20(17-10-4-2-5-11-17)21(24-25-22)18-12-6-3-7-13-18/h2-7,10-13H,8-9,14-16H2,1H3,(H,27,28). The van der Waals surface area contributed by atoms with E-state index in [0.717, 1.165) is 41.9 Å². The molecule has 0 fully saturated rings. The summed E-state index contributed by atoms with van der Waals surface area (Å²) in [5.74, 6) is -0.400. The highest BCUT2D eigenvalue weighted by Gasteiger charge is 2.15. The summed E-state index contributed by atoms with van der Waals surface area (Å²) in [6.07, 6.45) is 1.60. The molecule has 2 aromatic carbocycles. The summed E-state index contributed by atoms with van der Waals surface area (Å²) in [6.45, 7) is 0.878. The van der Waals surface area contributed by atoms with E-state index >= 15 is 0 Å². The number of unbranched alkanes of at least 4 members (excludes halogenated alkanes) is 1. The minimum absolute atomic E-state index is 0.260. The zero-order valence-corrected chi connectivity index (χ0v) is 16.4. The van der Waals surface area contributed by atoms with Crippen molar-refractivity contribution in [1.82, 2.24) is 15.2 Å². The first-order chi connectivity index (χ1) is 14.1. The number of aliphatic carboxylic acids is 1. The quantitative estimate of drug-likeness (QED) is 0.528. The van der Waals surface area contributed by atoms with Gasteiger partial charge in [0.25, 0.3) is 0 Å². The van der Waals surface area contributed by atoms with E-state index in [1.54, 1.807) is 0 Å². The Kier molecular flexibility index (Phi) is 7.24. The molecule has 150 valence electrons. The van der Waals surface area contributed by atoms with Crippen LogP contribution in [0.3, 0.4) is 0 Å². The maximum atomic E-state index is 10.4. The van der Waals surface area contributed by atoms with Crippen LogP contribution in [0.1, 0.15) is 12.8 Å². The van der Waals surface area contributed by atoms with Crippen molar-refractivity contribution in [2.45, 2.75) is 12.8 Å². The minimum Gasteiger partial charge on any atom is -0.480 e. The molecule has 0 spiro atoms. The summed E-state index contributed by atoms with van der Waals surface area (Å²) in [5, 5.41) is 17.4. The molecule has 0 saturated carbocycles. The third kappa shape index (κ3) is 5.83. The van der Waals surface area contributed by atoms with Crippen molar-refractivity contribution < 1.29 is 14.6 Å². The molecule has 0 unspecified atom stereocenters. The summed E-state index contributed by atoms with van der Waals surface area (Å²) in [4.78, 5) is 17.2. The second-order valence-electron chi connectivity index (χ2n) is 6.62. The first kappa shape index (κ1) is 20.4. The fourth-order valence-corrected chi connectivity index (χ4v) is 2.88. The van der Waals surface area contributed by atoms with Gasteiger partial charge in [0.1, 0.15) is 18.0 Å². The molecular weight excluding hydrogens is 368 g/mol. The lowest BCUT2D eigenvalue weighted by molar-refractivity contribution is -0.142. The van der Waals surface area contributed by atoms with Crippen molar-refractivity contribution in [2.75, 3.05) is 31.7 Å². The molecule has 0 aliphatic carbocycles. The normalized spacial score (nSPS) is 10.7. The molecule has 7 heteroatoms. The molecule has 1 N–H and O–H groups in total. The minimum atomic E-state index is -0.950. The van der Waals surface area contributed by atoms with Crippen LogP contribution in [-0.2, 0) is 9.53 Å². The van der Waals surface area contributed by atoms with E-state index in [4.69, 9.17) is 14.8 Å². The number of carboxylic acid groups (broad SMARTS) is 1. The average Bonchev–Trinajstić information content (AvgIpc) is 2.76. The van der Waals surface area contributed by atoms with E-state index in [1.165, 1.54) is 0 Å². The lowest BCUT2D eigenvalue weighted by Gasteiger charge is -2.18. The Morgan fingerprint density at radius 2 is 1.55 bits per heavy atom. The van der Waals surface area contributed by atoms with E-state index in [1.807, 2.05) is 72.6 Å². The number of nitrogens with zero attached hydrogens (tertiary/aromatic N) is 4. The molecule has 29 heavy (non-hydrogen) atoms. The number of carboxylic acids is 1. The van der Waals surface area contributed by atoms with Crippen molar-refractivity contribution >= 4 is 11.9 Å². The molecule has 7 nitrogen and oxygen atoms in total. The van der Waals surface area contributed by atoms with Crippen LogP contribution in [0, 0.1) is 0 Å². The number of anilines is 1. The van der Waals surface area contributed by atoms with Gasteiger partial charge in [0, 0.05) is 31.3 Å². The molecule has 0 saturated heterocycles. The van der Waals surface area contributed by atoms with Crippen LogP contribution in [0.2, 0.25) is 0 Å². The number of carbonyl (C=O) groups is 1. The van der Waals surface area contributed by atoms with E-state index in [2.05, 4.69) is 10.2 Å². The van der Waals surface area contributed by atoms with Crippen LogP contribution in [-0.4, -0.2) is 53.1 Å². The van der Waals surface area contributed by atoms with Crippen LogP contribution in [0.25, 0.3) is 22.5 Å². The van der Waals surface area contributed by atoms with Gasteiger partial charge in [-0.3, -0.25) is 0 Å². The number of aromatic nitrogens is 3. The molecule has 0 aliphatic rings. The largest absolute Gasteiger partial charge is 0.480 e. The molecular formula is C22H24N4O3. The fraction of sp³-hybridized carbons (Fsp3) is 0.273. The van der Waals surface area contributed by atoms with E-state index < -0.39 is 5.97 Å². The Bertz CT molecular complexity index is 920. The number of rotatable bonds is 10. The van der Waals surface area contributed by atoms with Crippen molar-refractivity contribution in [1.29, 1.82) is 0 Å². The Morgan fingerprint density at radius 1 is 0.931 bits per heavy atom. The van der Waals surface area contributed by atoms with Crippen molar-refractivity contribution in [2.24, 2.45) is 0 Å². The van der Waals surface area contributed by atoms with Crippen LogP contribution >= 0.6 is 0 Å². The van der Waals surface area contributed by atoms with Gasteiger partial charge < -0.3 is 14.7 Å². The van der Waals surface area contributed by atoms with Gasteiger partial charge in [0.05, 0.1) is 0 Å². The maximum Gasteiger partial charge on any atom is 0.329 e. The lowest BCUT2D eigenvalue weighted by atomic mass is 10.0. The van der Waals surface area contributed by atoms with Gasteiger partial charge in [0.15, 0.2) is 0 Å². The van der Waals surface area contributed by atoms with Gasteiger partial charge in [-0.25, -0.2) is 9.78 Å². The summed E-state index contributed by atoms with van der Waals surface area (Å²) in [5.41, 5.74) is 3.49. The Balaban J connectivity index is 1.74. The molecule has 0 atom stereocenters. The summed E-state index contributed by atoms with van der Waals surface area (Å²) >= 11 is 0. The van der Waals surface area contributed by atoms with E-state index in [-0.39, 0.29) is 6.61 Å². The average molecular weight is 392 g/mol. The van der Waals surface area contributed by atoms with Gasteiger partial charge >= 0.3 is 5.97 Å². The molecule has 1 aromatic heterocycles. The molecule has 0 amide bonds. The maximum absolute atomic E-state index is 10.4. The Labute approximate surface area is 170 Å². The fourth-order valence-electron chi connectivity index (χ4n) is 2.88. The zero-order valence-electron chi connectivity index (χ0n) is 16.4. The first-order valence-corrected chi connectivity index (χ1v) is 9.51. The highest BCUT2D eigenvalue weighted by atomic mass is 16.5. The van der Waals surface area contributed by atoms with Crippen molar-refractivity contribution in [3.05, 3.63) is 60.7 Å². The zero-order chi connectivity index (χ0) is 20.5. The van der Waals surface area contributed by atoms with Gasteiger partial charge in [-0.2, -0.15) is 0 Å². The second-order valence-corrected chi connectivity index (χ2v) is 6.62. The number of hydrogen-bond donors (Lipinski definition) is 1. The van der Waals surface area contributed by atoms with Gasteiger partial charge in [-0.15, -0.1) is 10.2 Å². The predicted octanol–water partition coefficient (Wildman–Crippen LogP) is 3.52. The molecule has 0 aliphatic heterocycles. The number of benzene rings is 2. The van der Waals surface area contributed by atoms with Crippen LogP contribution in [0.5, 0.6) is 0 Å². The van der Waals surface area contributed by atoms with Crippen molar-refractivity contribution in [3.63, 3.8) is 0 Å². The first-order valence-electron chi connectivity index (χ1n) is 9.51. The topological polar surface area (TPSA) is 88.4 Å². The van der Waals surface area contributed by atoms with Crippen LogP contribution < -0.4 is 4.90 Å². The highest BCUT2D eigenvalue weighted by molar-refractivity contribution is 5.78. The molecule has 1 heterocycles. The second kappa shape index (κ2) is 10.3. The Hall–Kier alpha value is -3.32. The smallest absolute Gasteiger partial charge is 0.329 e. The number of ether oxygens (including phenoxy) is 1. The van der Waals surface area contributed by atoms with Gasteiger partial charge in [-0.1, -0.05) is 60.7 Å². The third-order valence-electron chi connectivity index (χ3n) is 4.37. The summed E-state index contributed by atoms with van der Waals surface area (Å²) in [7, 11) is 1.92. The molecule has 3 rings (SSSR count). The molecule has 3 aromatic rings. The molecule has 0 bridgehead atoms. The van der Waals surface area contributed by atoms with E-state index in [0.29, 0.717) is 12.6 Å². The van der Waals surface area contributed by atoms with E-state index in [9.17, 15) is 4.79 Å². The predicted molar refractivity (Wildman–Crippen MR) is 112 cm³/mol. The van der Waals surface area contributed by atoms with Gasteiger partial charge in [0.2, 0.25) is 5.95 Å². The Morgan fingerprint density at radius 3 is 2.17 bits per heavy atom. The third-order valence-corrected chi connectivity index (χ3v) is 4.37. The highest BCUT2D eigenvalue weighted by Crippen LogP contribution is 2.29. The lowest BCUT2D eigenvalue weighted by Crippen LogP contribution is -2.22.